The number of nitrogens with two attached hydrogens (primary N) is 1. The fraction of sp³-hybridized carbons (Fsp3) is 0. The van der Waals surface area contributed by atoms with E-state index in [2.05, 4.69) is 5.73 Å². The number of primary amides is 1. The van der Waals surface area contributed by atoms with Gasteiger partial charge in [-0.2, -0.15) is 0 Å². The summed E-state index contributed by atoms with van der Waals surface area (Å²) < 4.78 is 74.4. The molecule has 1 amide bonds. The standard InChI is InChI=1S/C7H5F6NOS/c8-4-1-2-6(5(3-4)7(14)15)16(9,10,11,12)13/h1-3H,(H2,14,15). The lowest BCUT2D eigenvalue weighted by atomic mass is 10.2. The molecule has 16 heavy (non-hydrogen) atoms. The third kappa shape index (κ3) is 2.60. The molecular formula is C7H5F6NOS. The second-order valence-electron chi connectivity index (χ2n) is 2.97. The van der Waals surface area contributed by atoms with Crippen LogP contribution in [-0.2, 0) is 0 Å². The number of benzene rings is 1. The Hall–Kier alpha value is -1.38. The largest absolute Gasteiger partial charge is 0.366 e. The maximum absolute atomic E-state index is 12.5. The molecule has 0 atom stereocenters. The molecule has 0 aliphatic carbocycles. The minimum atomic E-state index is -10.0. The second kappa shape index (κ2) is 2.65. The van der Waals surface area contributed by atoms with Gasteiger partial charge in [-0.3, -0.25) is 4.79 Å². The molecule has 0 saturated heterocycles. The highest BCUT2D eigenvalue weighted by Gasteiger charge is 2.66. The molecule has 2 nitrogen and oxygen atoms in total. The van der Waals surface area contributed by atoms with E-state index in [4.69, 9.17) is 0 Å². The zero-order valence-corrected chi connectivity index (χ0v) is 8.21. The van der Waals surface area contributed by atoms with Crippen LogP contribution < -0.4 is 5.73 Å². The number of hydrogen-bond acceptors (Lipinski definition) is 1. The average Bonchev–Trinajstić information content (AvgIpc) is 1.98. The van der Waals surface area contributed by atoms with Crippen LogP contribution in [0.4, 0.5) is 23.8 Å². The summed E-state index contributed by atoms with van der Waals surface area (Å²) in [7, 11) is -10.0. The van der Waals surface area contributed by atoms with Crippen molar-refractivity contribution in [2.24, 2.45) is 5.73 Å². The van der Waals surface area contributed by atoms with Gasteiger partial charge in [-0.1, -0.05) is 19.4 Å². The van der Waals surface area contributed by atoms with Gasteiger partial charge < -0.3 is 5.73 Å². The van der Waals surface area contributed by atoms with Crippen LogP contribution >= 0.6 is 10.2 Å². The topological polar surface area (TPSA) is 43.1 Å². The van der Waals surface area contributed by atoms with E-state index in [1.54, 1.807) is 0 Å². The van der Waals surface area contributed by atoms with Crippen LogP contribution in [0.15, 0.2) is 23.1 Å². The fourth-order valence-corrected chi connectivity index (χ4v) is 1.93. The molecule has 0 heterocycles. The zero-order valence-electron chi connectivity index (χ0n) is 7.39. The van der Waals surface area contributed by atoms with Gasteiger partial charge in [0, 0.05) is 0 Å². The molecule has 9 heteroatoms. The van der Waals surface area contributed by atoms with E-state index in [0.29, 0.717) is 0 Å². The molecule has 1 aromatic carbocycles. The van der Waals surface area contributed by atoms with E-state index >= 15 is 0 Å². The van der Waals surface area contributed by atoms with Crippen molar-refractivity contribution in [2.75, 3.05) is 0 Å². The molecular weight excluding hydrogens is 260 g/mol. The molecule has 0 bridgehead atoms. The van der Waals surface area contributed by atoms with Crippen molar-refractivity contribution in [1.82, 2.24) is 0 Å². The Labute approximate surface area is 85.8 Å². The summed E-state index contributed by atoms with van der Waals surface area (Å²) in [6, 6.07) is 0.00617. The van der Waals surface area contributed by atoms with E-state index in [1.807, 2.05) is 0 Å². The van der Waals surface area contributed by atoms with Crippen molar-refractivity contribution in [1.29, 1.82) is 0 Å². The lowest BCUT2D eigenvalue weighted by Gasteiger charge is -2.41. The average molecular weight is 265 g/mol. The van der Waals surface area contributed by atoms with Crippen molar-refractivity contribution < 1.29 is 28.6 Å². The maximum Gasteiger partial charge on any atom is 0.311 e. The SMILES string of the molecule is NC(=O)c1cc(F)ccc1S(F)(F)(F)(F)F. The van der Waals surface area contributed by atoms with Crippen molar-refractivity contribution >= 4 is 16.1 Å². The summed E-state index contributed by atoms with van der Waals surface area (Å²) in [5.74, 6) is -3.04. The van der Waals surface area contributed by atoms with Crippen LogP contribution in [0, 0.1) is 5.82 Å². The molecule has 0 spiro atoms. The lowest BCUT2D eigenvalue weighted by Crippen LogP contribution is -2.18. The van der Waals surface area contributed by atoms with E-state index in [0.717, 1.165) is 0 Å². The van der Waals surface area contributed by atoms with Crippen molar-refractivity contribution in [3.63, 3.8) is 0 Å². The van der Waals surface area contributed by atoms with Crippen LogP contribution in [-0.4, -0.2) is 5.91 Å². The quantitative estimate of drug-likeness (QED) is 0.816. The van der Waals surface area contributed by atoms with Crippen LogP contribution in [0.5, 0.6) is 0 Å². The first-order valence-electron chi connectivity index (χ1n) is 3.65. The molecule has 0 fully saturated rings. The smallest absolute Gasteiger partial charge is 0.311 e. The second-order valence-corrected chi connectivity index (χ2v) is 5.35. The van der Waals surface area contributed by atoms with Crippen LogP contribution in [0.1, 0.15) is 10.4 Å². The van der Waals surface area contributed by atoms with Gasteiger partial charge in [0.05, 0.1) is 5.56 Å². The maximum atomic E-state index is 12.5. The Bertz CT molecular complexity index is 467. The first-order valence-corrected chi connectivity index (χ1v) is 5.60. The summed E-state index contributed by atoms with van der Waals surface area (Å²) >= 11 is 0. The van der Waals surface area contributed by atoms with Crippen molar-refractivity contribution in [2.45, 2.75) is 4.90 Å². The molecule has 0 aromatic heterocycles. The van der Waals surface area contributed by atoms with E-state index in [-0.39, 0.29) is 18.2 Å². The normalized spacial score (nSPS) is 16.4. The minimum absolute atomic E-state index is 0.0234. The Kier molecular flexibility index (Phi) is 2.10. The van der Waals surface area contributed by atoms with Gasteiger partial charge in [0.15, 0.2) is 0 Å². The highest BCUT2D eigenvalue weighted by Crippen LogP contribution is 3.02. The Morgan fingerprint density at radius 3 is 2.00 bits per heavy atom. The Morgan fingerprint density at radius 2 is 1.62 bits per heavy atom. The molecule has 1 rings (SSSR count). The Morgan fingerprint density at radius 1 is 1.12 bits per heavy atom. The van der Waals surface area contributed by atoms with Crippen LogP contribution in [0.2, 0.25) is 0 Å². The number of carbonyl (C=O) groups is 1. The zero-order chi connectivity index (χ0) is 12.8. The predicted molar refractivity (Wildman–Crippen MR) is 46.3 cm³/mol. The van der Waals surface area contributed by atoms with Gasteiger partial charge in [-0.25, -0.2) is 4.39 Å². The highest BCUT2D eigenvalue weighted by atomic mass is 32.5. The van der Waals surface area contributed by atoms with E-state index in [9.17, 15) is 28.6 Å². The van der Waals surface area contributed by atoms with Gasteiger partial charge in [-0.05, 0) is 18.2 Å². The van der Waals surface area contributed by atoms with Crippen LogP contribution in [0.3, 0.4) is 0 Å². The van der Waals surface area contributed by atoms with Crippen molar-refractivity contribution in [3.05, 3.63) is 29.6 Å². The molecule has 0 unspecified atom stereocenters. The van der Waals surface area contributed by atoms with Gasteiger partial charge in [-0.15, -0.1) is 0 Å². The summed E-state index contributed by atoms with van der Waals surface area (Å²) in [5.41, 5.74) is 2.89. The van der Waals surface area contributed by atoms with E-state index in [1.165, 1.54) is 0 Å². The van der Waals surface area contributed by atoms with Gasteiger partial charge >= 0.3 is 10.2 Å². The number of hydrogen-bond donors (Lipinski definition) is 1. The molecule has 92 valence electrons. The van der Waals surface area contributed by atoms with Crippen molar-refractivity contribution in [3.8, 4) is 0 Å². The highest BCUT2D eigenvalue weighted by molar-refractivity contribution is 8.45. The first-order chi connectivity index (χ1) is 6.81. The molecule has 2 N–H and O–H groups in total. The van der Waals surface area contributed by atoms with Gasteiger partial charge in [0.25, 0.3) is 0 Å². The fourth-order valence-electron chi connectivity index (χ4n) is 1.03. The summed E-state index contributed by atoms with van der Waals surface area (Å²) in [4.78, 5) is 8.07. The first kappa shape index (κ1) is 12.7. The molecule has 0 saturated carbocycles. The summed E-state index contributed by atoms with van der Waals surface area (Å²) in [5, 5.41) is 0. The molecule has 0 aliphatic rings. The third-order valence-corrected chi connectivity index (χ3v) is 2.81. The van der Waals surface area contributed by atoms with Gasteiger partial charge in [0.2, 0.25) is 5.91 Å². The molecule has 0 radical (unpaired) electrons. The minimum Gasteiger partial charge on any atom is -0.366 e. The monoisotopic (exact) mass is 265 g/mol. The molecule has 1 aromatic rings. The van der Waals surface area contributed by atoms with E-state index < -0.39 is 32.4 Å². The number of rotatable bonds is 2. The van der Waals surface area contributed by atoms with Crippen LogP contribution in [0.25, 0.3) is 0 Å². The predicted octanol–water partition coefficient (Wildman–Crippen LogP) is 3.58. The third-order valence-electron chi connectivity index (χ3n) is 1.62. The summed E-state index contributed by atoms with van der Waals surface area (Å²) in [6.07, 6.45) is 0. The summed E-state index contributed by atoms with van der Waals surface area (Å²) in [6.45, 7) is 0. The number of amides is 1. The molecule has 0 aliphatic heterocycles. The number of carbonyl (C=O) groups excluding carboxylic acids is 1. The van der Waals surface area contributed by atoms with Gasteiger partial charge in [0.1, 0.15) is 10.7 Å². The Balaban J connectivity index is 3.67. The lowest BCUT2D eigenvalue weighted by molar-refractivity contribution is 0.0995. The number of halogens is 6.